The Bertz CT molecular complexity index is 1230. The van der Waals surface area contributed by atoms with Crippen LogP contribution in [0.5, 0.6) is 0 Å². The number of hydrogen-bond donors (Lipinski definition) is 2. The molecule has 0 aromatic heterocycles. The Morgan fingerprint density at radius 1 is 0.833 bits per heavy atom. The molecule has 0 bridgehead atoms. The van der Waals surface area contributed by atoms with E-state index < -0.39 is 0 Å². The van der Waals surface area contributed by atoms with Crippen molar-refractivity contribution in [1.82, 2.24) is 10.6 Å². The molecule has 4 aromatic rings. The fourth-order valence-corrected chi connectivity index (χ4v) is 4.90. The number of benzene rings is 4. The van der Waals surface area contributed by atoms with Gasteiger partial charge >= 0.3 is 6.03 Å². The molecule has 4 nitrogen and oxygen atoms in total. The summed E-state index contributed by atoms with van der Waals surface area (Å²) in [6.07, 6.45) is 4.41. The lowest BCUT2D eigenvalue weighted by molar-refractivity contribution is 0.0980. The van der Waals surface area contributed by atoms with Crippen molar-refractivity contribution in [3.8, 4) is 0 Å². The van der Waals surface area contributed by atoms with Gasteiger partial charge in [0.05, 0.1) is 6.04 Å². The minimum atomic E-state index is -0.0725. The summed E-state index contributed by atoms with van der Waals surface area (Å²) < 4.78 is 0. The van der Waals surface area contributed by atoms with Crippen LogP contribution in [0.15, 0.2) is 54.6 Å². The average Bonchev–Trinajstić information content (AvgIpc) is 3.08. The molecule has 0 radical (unpaired) electrons. The fourth-order valence-electron chi connectivity index (χ4n) is 4.90. The summed E-state index contributed by atoms with van der Waals surface area (Å²) in [6, 6.07) is 19.3. The van der Waals surface area contributed by atoms with E-state index >= 15 is 0 Å². The number of unbranched alkanes of at least 4 members (excludes halogenated alkanes) is 2. The zero-order valence-corrected chi connectivity index (χ0v) is 17.2. The fraction of sp³-hybridized carbons (Fsp3) is 0.308. The van der Waals surface area contributed by atoms with Crippen LogP contribution >= 0.6 is 0 Å². The molecule has 1 saturated heterocycles. The predicted octanol–water partition coefficient (Wildman–Crippen LogP) is 5.79. The highest BCUT2D eigenvalue weighted by Crippen LogP contribution is 2.36. The summed E-state index contributed by atoms with van der Waals surface area (Å²) in [4.78, 5) is 24.4. The molecule has 0 aliphatic carbocycles. The molecular weight excluding hydrogens is 372 g/mol. The molecule has 152 valence electrons. The van der Waals surface area contributed by atoms with Gasteiger partial charge in [0.25, 0.3) is 0 Å². The molecule has 0 spiro atoms. The van der Waals surface area contributed by atoms with Crippen molar-refractivity contribution in [1.29, 1.82) is 0 Å². The van der Waals surface area contributed by atoms with Crippen molar-refractivity contribution in [2.24, 2.45) is 0 Å². The van der Waals surface area contributed by atoms with Gasteiger partial charge in [0.2, 0.25) is 0 Å². The maximum atomic E-state index is 13.0. The Labute approximate surface area is 176 Å². The second-order valence-corrected chi connectivity index (χ2v) is 8.50. The van der Waals surface area contributed by atoms with Gasteiger partial charge in [-0.3, -0.25) is 4.79 Å². The Balaban J connectivity index is 1.30. The van der Waals surface area contributed by atoms with Crippen LogP contribution in [0.1, 0.15) is 49.4 Å². The number of rotatable bonds is 7. The highest BCUT2D eigenvalue weighted by molar-refractivity contribution is 6.26. The first kappa shape index (κ1) is 18.9. The molecule has 1 fully saturated rings. The third-order valence-corrected chi connectivity index (χ3v) is 6.53. The van der Waals surface area contributed by atoms with Crippen molar-refractivity contribution in [2.45, 2.75) is 51.1 Å². The molecule has 1 heterocycles. The number of Topliss-reactive ketones (excluding diaryl/α,β-unsaturated/α-hetero) is 1. The topological polar surface area (TPSA) is 58.2 Å². The molecular formula is C26H26N2O2. The average molecular weight is 399 g/mol. The van der Waals surface area contributed by atoms with Crippen molar-refractivity contribution >= 4 is 44.1 Å². The molecule has 4 heteroatoms. The van der Waals surface area contributed by atoms with Gasteiger partial charge in [-0.15, -0.1) is 0 Å². The first-order valence-corrected chi connectivity index (χ1v) is 10.9. The number of carbonyl (C=O) groups is 2. The molecule has 1 aliphatic rings. The van der Waals surface area contributed by atoms with Crippen molar-refractivity contribution in [2.75, 3.05) is 0 Å². The lowest BCUT2D eigenvalue weighted by Crippen LogP contribution is -2.30. The molecule has 2 atom stereocenters. The predicted molar refractivity (Wildman–Crippen MR) is 122 cm³/mol. The van der Waals surface area contributed by atoms with Gasteiger partial charge in [-0.25, -0.2) is 4.79 Å². The van der Waals surface area contributed by atoms with E-state index in [4.69, 9.17) is 0 Å². The maximum Gasteiger partial charge on any atom is 0.315 e. The van der Waals surface area contributed by atoms with Gasteiger partial charge < -0.3 is 10.6 Å². The van der Waals surface area contributed by atoms with Gasteiger partial charge in [0.1, 0.15) is 0 Å². The molecule has 0 saturated carbocycles. The van der Waals surface area contributed by atoms with Crippen LogP contribution in [0.2, 0.25) is 0 Å². The van der Waals surface area contributed by atoms with Crippen molar-refractivity contribution in [3.63, 3.8) is 0 Å². The Morgan fingerprint density at radius 2 is 1.53 bits per heavy atom. The lowest BCUT2D eigenvalue weighted by atomic mass is 9.90. The summed E-state index contributed by atoms with van der Waals surface area (Å²) >= 11 is 0. The minimum absolute atomic E-state index is 0.0725. The molecule has 5 rings (SSSR count). The van der Waals surface area contributed by atoms with Gasteiger partial charge in [0.15, 0.2) is 5.78 Å². The molecule has 2 N–H and O–H groups in total. The number of hydrogen-bond acceptors (Lipinski definition) is 2. The quantitative estimate of drug-likeness (QED) is 0.235. The normalized spacial score (nSPS) is 18.9. The highest BCUT2D eigenvalue weighted by Gasteiger charge is 2.26. The van der Waals surface area contributed by atoms with Crippen LogP contribution in [-0.4, -0.2) is 23.9 Å². The monoisotopic (exact) mass is 398 g/mol. The second-order valence-electron chi connectivity index (χ2n) is 8.50. The van der Waals surface area contributed by atoms with E-state index in [2.05, 4.69) is 59.2 Å². The van der Waals surface area contributed by atoms with Crippen molar-refractivity contribution < 1.29 is 9.59 Å². The van der Waals surface area contributed by atoms with Gasteiger partial charge in [-0.05, 0) is 52.1 Å². The van der Waals surface area contributed by atoms with E-state index in [-0.39, 0.29) is 23.9 Å². The van der Waals surface area contributed by atoms with E-state index in [1.807, 2.05) is 13.0 Å². The SMILES string of the molecule is C[C@@H]1NC(=O)N[C@@H]1CCCCCC(=O)c1ccc2ccc3cccc4ccc1c2c34. The van der Waals surface area contributed by atoms with Crippen LogP contribution in [0, 0.1) is 0 Å². The standard InChI is InChI=1S/C26H26N2O2/c1-16-22(28-26(30)27-16)8-3-2-4-9-23(29)20-14-12-19-11-10-17-6-5-7-18-13-15-21(20)25(19)24(17)18/h5-7,10-16,22H,2-4,8-9H2,1H3,(H2,27,28,30)/t16-,22+/m0/s1. The molecule has 2 amide bonds. The Kier molecular flexibility index (Phi) is 4.78. The van der Waals surface area contributed by atoms with Crippen LogP contribution in [-0.2, 0) is 0 Å². The van der Waals surface area contributed by atoms with E-state index in [0.717, 1.165) is 36.6 Å². The Morgan fingerprint density at radius 3 is 2.27 bits per heavy atom. The molecule has 0 unspecified atom stereocenters. The lowest BCUT2D eigenvalue weighted by Gasteiger charge is -2.14. The van der Waals surface area contributed by atoms with Crippen LogP contribution in [0.3, 0.4) is 0 Å². The zero-order valence-electron chi connectivity index (χ0n) is 17.2. The Hall–Kier alpha value is -3.14. The zero-order chi connectivity index (χ0) is 20.7. The number of ketones is 1. The molecule has 30 heavy (non-hydrogen) atoms. The van der Waals surface area contributed by atoms with Crippen molar-refractivity contribution in [3.05, 3.63) is 60.2 Å². The third-order valence-electron chi connectivity index (χ3n) is 6.53. The van der Waals surface area contributed by atoms with E-state index in [0.29, 0.717) is 6.42 Å². The maximum absolute atomic E-state index is 13.0. The number of carbonyl (C=O) groups excluding carboxylic acids is 2. The van der Waals surface area contributed by atoms with Crippen LogP contribution in [0.25, 0.3) is 32.3 Å². The summed E-state index contributed by atoms with van der Waals surface area (Å²) in [6.45, 7) is 2.03. The summed E-state index contributed by atoms with van der Waals surface area (Å²) in [5.41, 5.74) is 0.835. The van der Waals surface area contributed by atoms with Gasteiger partial charge in [-0.2, -0.15) is 0 Å². The smallest absolute Gasteiger partial charge is 0.315 e. The number of urea groups is 1. The first-order valence-electron chi connectivity index (χ1n) is 10.9. The van der Waals surface area contributed by atoms with Crippen LogP contribution < -0.4 is 10.6 Å². The second kappa shape index (κ2) is 7.60. The molecule has 1 aliphatic heterocycles. The highest BCUT2D eigenvalue weighted by atomic mass is 16.2. The van der Waals surface area contributed by atoms with Gasteiger partial charge in [-0.1, -0.05) is 67.4 Å². The first-order chi connectivity index (χ1) is 14.6. The largest absolute Gasteiger partial charge is 0.334 e. The van der Waals surface area contributed by atoms with Crippen LogP contribution in [0.4, 0.5) is 4.79 Å². The minimum Gasteiger partial charge on any atom is -0.334 e. The number of amides is 2. The van der Waals surface area contributed by atoms with Gasteiger partial charge in [0, 0.05) is 18.0 Å². The summed E-state index contributed by atoms with van der Waals surface area (Å²) in [5, 5.41) is 13.0. The molecule has 4 aromatic carbocycles. The summed E-state index contributed by atoms with van der Waals surface area (Å²) in [5.74, 6) is 0.220. The summed E-state index contributed by atoms with van der Waals surface area (Å²) in [7, 11) is 0. The van der Waals surface area contributed by atoms with E-state index in [1.165, 1.54) is 26.9 Å². The third kappa shape index (κ3) is 3.26. The number of nitrogens with one attached hydrogen (secondary N) is 2. The van der Waals surface area contributed by atoms with E-state index in [1.54, 1.807) is 0 Å². The van der Waals surface area contributed by atoms with E-state index in [9.17, 15) is 9.59 Å².